The quantitative estimate of drug-likeness (QED) is 0.736. The van der Waals surface area contributed by atoms with Crippen LogP contribution in [0.3, 0.4) is 0 Å². The maximum atomic E-state index is 3.68. The Morgan fingerprint density at radius 1 is 1.43 bits per heavy atom. The lowest BCUT2D eigenvalue weighted by atomic mass is 10.2. The van der Waals surface area contributed by atoms with Crippen molar-refractivity contribution in [3.63, 3.8) is 0 Å². The van der Waals surface area contributed by atoms with Crippen LogP contribution in [0, 0.1) is 5.92 Å². The van der Waals surface area contributed by atoms with Gasteiger partial charge in [-0.05, 0) is 45.6 Å². The Bertz CT molecular complexity index is 218. The molecule has 0 radical (unpaired) electrons. The highest BCUT2D eigenvalue weighted by Gasteiger charge is 2.25. The van der Waals surface area contributed by atoms with Gasteiger partial charge in [0.1, 0.15) is 0 Å². The molecule has 2 aliphatic rings. The van der Waals surface area contributed by atoms with Crippen molar-refractivity contribution in [2.75, 3.05) is 19.6 Å². The van der Waals surface area contributed by atoms with Gasteiger partial charge in [-0.3, -0.25) is 0 Å². The Morgan fingerprint density at radius 3 is 2.86 bits per heavy atom. The Hall–Kier alpha value is -0.500. The third kappa shape index (κ3) is 2.50. The Kier molecular flexibility index (Phi) is 3.12. The summed E-state index contributed by atoms with van der Waals surface area (Å²) in [4.78, 5) is 2.49. The maximum absolute atomic E-state index is 3.68. The Labute approximate surface area is 87.4 Å². The summed E-state index contributed by atoms with van der Waals surface area (Å²) in [6.07, 6.45) is 6.44. The molecule has 1 saturated carbocycles. The zero-order valence-corrected chi connectivity index (χ0v) is 9.42. The van der Waals surface area contributed by atoms with Gasteiger partial charge in [0.05, 0.1) is 0 Å². The van der Waals surface area contributed by atoms with Crippen LogP contribution in [0.1, 0.15) is 33.1 Å². The van der Waals surface area contributed by atoms with E-state index in [1.165, 1.54) is 44.6 Å². The van der Waals surface area contributed by atoms with Crippen LogP contribution in [0.15, 0.2) is 11.8 Å². The van der Waals surface area contributed by atoms with Gasteiger partial charge < -0.3 is 10.2 Å². The van der Waals surface area contributed by atoms with Gasteiger partial charge in [0.2, 0.25) is 0 Å². The highest BCUT2D eigenvalue weighted by molar-refractivity contribution is 5.00. The number of hydrogen-bond acceptors (Lipinski definition) is 2. The number of rotatable bonds is 4. The number of nitrogens with one attached hydrogen (secondary N) is 1. The van der Waals surface area contributed by atoms with Crippen molar-refractivity contribution in [1.82, 2.24) is 10.2 Å². The normalized spacial score (nSPS) is 28.6. The van der Waals surface area contributed by atoms with Gasteiger partial charge in [-0.25, -0.2) is 0 Å². The minimum atomic E-state index is 0.741. The lowest BCUT2D eigenvalue weighted by Crippen LogP contribution is -2.33. The smallest absolute Gasteiger partial charge is 0.0329 e. The summed E-state index contributed by atoms with van der Waals surface area (Å²) in [6, 6.07) is 0.741. The van der Waals surface area contributed by atoms with Gasteiger partial charge in [-0.15, -0.1) is 0 Å². The number of allylic oxidation sites excluding steroid dienone is 2. The van der Waals surface area contributed by atoms with Gasteiger partial charge in [-0.1, -0.05) is 6.08 Å². The zero-order chi connectivity index (χ0) is 9.97. The van der Waals surface area contributed by atoms with Gasteiger partial charge >= 0.3 is 0 Å². The monoisotopic (exact) mass is 194 g/mol. The summed E-state index contributed by atoms with van der Waals surface area (Å²) < 4.78 is 0. The first kappa shape index (κ1) is 10.0. The maximum Gasteiger partial charge on any atom is 0.0329 e. The van der Waals surface area contributed by atoms with Crippen LogP contribution in [0.25, 0.3) is 0 Å². The second-order valence-corrected chi connectivity index (χ2v) is 4.71. The summed E-state index contributed by atoms with van der Waals surface area (Å²) in [5.74, 6) is 1.01. The molecular weight excluding hydrogens is 172 g/mol. The number of hydrogen-bond donors (Lipinski definition) is 1. The van der Waals surface area contributed by atoms with Gasteiger partial charge in [0.15, 0.2) is 0 Å². The van der Waals surface area contributed by atoms with E-state index in [0.29, 0.717) is 0 Å². The van der Waals surface area contributed by atoms with E-state index in [0.717, 1.165) is 12.0 Å². The van der Waals surface area contributed by atoms with E-state index < -0.39 is 0 Å². The van der Waals surface area contributed by atoms with Crippen molar-refractivity contribution in [2.24, 2.45) is 5.92 Å². The second-order valence-electron chi connectivity index (χ2n) is 4.71. The van der Waals surface area contributed by atoms with E-state index in [1.807, 2.05) is 0 Å². The number of nitrogens with zero attached hydrogens (tertiary/aromatic N) is 1. The molecule has 0 aromatic carbocycles. The lowest BCUT2D eigenvalue weighted by Gasteiger charge is -2.19. The predicted octanol–water partition coefficient (Wildman–Crippen LogP) is 1.98. The largest absolute Gasteiger partial charge is 0.374 e. The third-order valence-electron chi connectivity index (χ3n) is 3.50. The molecule has 1 N–H and O–H groups in total. The molecule has 0 aromatic rings. The molecule has 1 unspecified atom stereocenters. The lowest BCUT2D eigenvalue weighted by molar-refractivity contribution is 0.404. The molecule has 1 saturated heterocycles. The fourth-order valence-corrected chi connectivity index (χ4v) is 2.09. The van der Waals surface area contributed by atoms with E-state index in [4.69, 9.17) is 0 Å². The summed E-state index contributed by atoms with van der Waals surface area (Å²) >= 11 is 0. The Morgan fingerprint density at radius 2 is 2.21 bits per heavy atom. The highest BCUT2D eigenvalue weighted by Crippen LogP contribution is 2.28. The number of likely N-dealkylation sites (tertiary alicyclic amines) is 1. The summed E-state index contributed by atoms with van der Waals surface area (Å²) in [5, 5.41) is 3.68. The first-order chi connectivity index (χ1) is 6.79. The average molecular weight is 194 g/mol. The van der Waals surface area contributed by atoms with Crippen molar-refractivity contribution >= 4 is 0 Å². The molecule has 0 bridgehead atoms. The molecule has 80 valence electrons. The van der Waals surface area contributed by atoms with Crippen molar-refractivity contribution in [1.29, 1.82) is 0 Å². The zero-order valence-electron chi connectivity index (χ0n) is 9.42. The minimum Gasteiger partial charge on any atom is -0.374 e. The highest BCUT2D eigenvalue weighted by atomic mass is 15.2. The second kappa shape index (κ2) is 4.35. The van der Waals surface area contributed by atoms with Crippen molar-refractivity contribution in [3.8, 4) is 0 Å². The fraction of sp³-hybridized carbons (Fsp3) is 0.833. The molecular formula is C12H22N2. The van der Waals surface area contributed by atoms with Crippen LogP contribution in [0.4, 0.5) is 0 Å². The first-order valence-corrected chi connectivity index (χ1v) is 5.91. The summed E-state index contributed by atoms with van der Waals surface area (Å²) in [7, 11) is 0. The standard InChI is InChI=1S/C12H22N2/c1-3-10(2)14-7-6-12(9-14)13-8-11-4-5-11/h3,11-13H,4-9H2,1-2H3. The van der Waals surface area contributed by atoms with Gasteiger partial charge in [0.25, 0.3) is 0 Å². The third-order valence-corrected chi connectivity index (χ3v) is 3.50. The van der Waals surface area contributed by atoms with E-state index in [2.05, 4.69) is 30.1 Å². The predicted molar refractivity (Wildman–Crippen MR) is 60.1 cm³/mol. The van der Waals surface area contributed by atoms with Crippen LogP contribution in [0.2, 0.25) is 0 Å². The van der Waals surface area contributed by atoms with Gasteiger partial charge in [0, 0.05) is 24.8 Å². The molecule has 2 fully saturated rings. The molecule has 1 aliphatic heterocycles. The van der Waals surface area contributed by atoms with Crippen LogP contribution in [-0.2, 0) is 0 Å². The molecule has 1 aliphatic carbocycles. The van der Waals surface area contributed by atoms with Crippen LogP contribution in [-0.4, -0.2) is 30.6 Å². The average Bonchev–Trinajstić information content (AvgIpc) is 2.92. The molecule has 0 spiro atoms. The molecule has 1 heterocycles. The fourth-order valence-electron chi connectivity index (χ4n) is 2.09. The molecule has 0 aromatic heterocycles. The Balaban J connectivity index is 1.70. The van der Waals surface area contributed by atoms with E-state index in [1.54, 1.807) is 0 Å². The van der Waals surface area contributed by atoms with E-state index >= 15 is 0 Å². The molecule has 0 amide bonds. The van der Waals surface area contributed by atoms with E-state index in [9.17, 15) is 0 Å². The minimum absolute atomic E-state index is 0.741. The van der Waals surface area contributed by atoms with Crippen molar-refractivity contribution < 1.29 is 0 Å². The van der Waals surface area contributed by atoms with Crippen LogP contribution < -0.4 is 5.32 Å². The van der Waals surface area contributed by atoms with Crippen LogP contribution in [0.5, 0.6) is 0 Å². The topological polar surface area (TPSA) is 15.3 Å². The SMILES string of the molecule is CC=C(C)N1CCC(NCC2CC2)C1. The van der Waals surface area contributed by atoms with Crippen molar-refractivity contribution in [3.05, 3.63) is 11.8 Å². The molecule has 2 nitrogen and oxygen atoms in total. The molecule has 2 heteroatoms. The first-order valence-electron chi connectivity index (χ1n) is 5.91. The van der Waals surface area contributed by atoms with Crippen molar-refractivity contribution in [2.45, 2.75) is 39.2 Å². The van der Waals surface area contributed by atoms with E-state index in [-0.39, 0.29) is 0 Å². The van der Waals surface area contributed by atoms with Gasteiger partial charge in [-0.2, -0.15) is 0 Å². The summed E-state index contributed by atoms with van der Waals surface area (Å²) in [6.45, 7) is 8.04. The molecule has 2 rings (SSSR count). The molecule has 1 atom stereocenters. The summed E-state index contributed by atoms with van der Waals surface area (Å²) in [5.41, 5.74) is 1.43. The van der Waals surface area contributed by atoms with Crippen LogP contribution >= 0.6 is 0 Å². The molecule has 14 heavy (non-hydrogen) atoms.